The SMILES string of the molecule is Cc1nn(Cc2ccc(Cl)c(Cl)c2)c(C)c1NC(=O)c1c(C)nn(-c2ccccc2)c1C. The summed E-state index contributed by atoms with van der Waals surface area (Å²) in [7, 11) is 0. The molecule has 0 unspecified atom stereocenters. The topological polar surface area (TPSA) is 64.7 Å². The highest BCUT2D eigenvalue weighted by atomic mass is 35.5. The normalized spacial score (nSPS) is 11.1. The van der Waals surface area contributed by atoms with Gasteiger partial charge in [-0.25, -0.2) is 4.68 Å². The van der Waals surface area contributed by atoms with Crippen LogP contribution in [0.3, 0.4) is 0 Å². The zero-order valence-corrected chi connectivity index (χ0v) is 19.8. The Morgan fingerprint density at radius 1 is 0.906 bits per heavy atom. The number of nitrogens with one attached hydrogen (secondary N) is 1. The molecule has 0 saturated heterocycles. The van der Waals surface area contributed by atoms with Crippen LogP contribution >= 0.6 is 23.2 Å². The molecule has 0 aliphatic heterocycles. The number of aromatic nitrogens is 4. The first-order valence-corrected chi connectivity index (χ1v) is 10.9. The Bertz CT molecular complexity index is 1310. The van der Waals surface area contributed by atoms with Gasteiger partial charge < -0.3 is 5.32 Å². The largest absolute Gasteiger partial charge is 0.319 e. The van der Waals surface area contributed by atoms with E-state index in [1.807, 2.05) is 74.8 Å². The van der Waals surface area contributed by atoms with Crippen LogP contribution in [0.4, 0.5) is 5.69 Å². The van der Waals surface area contributed by atoms with E-state index in [1.165, 1.54) is 0 Å². The summed E-state index contributed by atoms with van der Waals surface area (Å²) < 4.78 is 3.63. The molecule has 0 spiro atoms. The van der Waals surface area contributed by atoms with Gasteiger partial charge in [-0.15, -0.1) is 0 Å². The van der Waals surface area contributed by atoms with Crippen LogP contribution in [0.1, 0.15) is 38.7 Å². The molecule has 1 N–H and O–H groups in total. The Balaban J connectivity index is 1.61. The Morgan fingerprint density at radius 2 is 1.62 bits per heavy atom. The van der Waals surface area contributed by atoms with Gasteiger partial charge in [0.25, 0.3) is 5.91 Å². The molecule has 0 aliphatic rings. The van der Waals surface area contributed by atoms with Crippen LogP contribution < -0.4 is 5.32 Å². The molecule has 2 heterocycles. The number of amides is 1. The number of para-hydroxylation sites is 1. The number of hydrogen-bond acceptors (Lipinski definition) is 3. The van der Waals surface area contributed by atoms with Crippen molar-refractivity contribution in [3.63, 3.8) is 0 Å². The molecule has 0 bridgehead atoms. The molecule has 6 nitrogen and oxygen atoms in total. The molecular weight excluding hydrogens is 445 g/mol. The summed E-state index contributed by atoms with van der Waals surface area (Å²) in [5, 5.41) is 13.2. The predicted molar refractivity (Wildman–Crippen MR) is 128 cm³/mol. The first-order chi connectivity index (χ1) is 15.3. The lowest BCUT2D eigenvalue weighted by Crippen LogP contribution is -2.15. The molecule has 4 aromatic rings. The number of aryl methyl sites for hydroxylation is 2. The van der Waals surface area contributed by atoms with E-state index < -0.39 is 0 Å². The minimum atomic E-state index is -0.206. The van der Waals surface area contributed by atoms with Crippen molar-refractivity contribution in [2.75, 3.05) is 5.32 Å². The zero-order chi connectivity index (χ0) is 23.0. The maximum Gasteiger partial charge on any atom is 0.259 e. The van der Waals surface area contributed by atoms with Gasteiger partial charge in [0, 0.05) is 0 Å². The summed E-state index contributed by atoms with van der Waals surface area (Å²) in [4.78, 5) is 13.2. The molecular formula is C24H23Cl2N5O. The van der Waals surface area contributed by atoms with Crippen molar-refractivity contribution < 1.29 is 4.79 Å². The van der Waals surface area contributed by atoms with Crippen LogP contribution in [0.25, 0.3) is 5.69 Å². The van der Waals surface area contributed by atoms with Gasteiger partial charge in [0.15, 0.2) is 0 Å². The van der Waals surface area contributed by atoms with E-state index in [9.17, 15) is 4.79 Å². The summed E-state index contributed by atoms with van der Waals surface area (Å²) in [6.07, 6.45) is 0. The Morgan fingerprint density at radius 3 is 2.31 bits per heavy atom. The molecule has 0 radical (unpaired) electrons. The highest BCUT2D eigenvalue weighted by molar-refractivity contribution is 6.42. The first kappa shape index (κ1) is 22.1. The fourth-order valence-electron chi connectivity index (χ4n) is 3.81. The number of halogens is 2. The van der Waals surface area contributed by atoms with Gasteiger partial charge in [-0.2, -0.15) is 10.2 Å². The fraction of sp³-hybridized carbons (Fsp3) is 0.208. The number of benzene rings is 2. The van der Waals surface area contributed by atoms with E-state index in [0.717, 1.165) is 28.3 Å². The summed E-state index contributed by atoms with van der Waals surface area (Å²) in [5.74, 6) is -0.206. The van der Waals surface area contributed by atoms with E-state index in [2.05, 4.69) is 15.5 Å². The molecule has 164 valence electrons. The monoisotopic (exact) mass is 467 g/mol. The summed E-state index contributed by atoms with van der Waals surface area (Å²) in [6.45, 7) is 8.06. The standard InChI is InChI=1S/C24H23Cl2N5O/c1-14-22(16(3)31(29-14)19-8-6-5-7-9-19)24(32)27-23-15(2)28-30(17(23)4)13-18-10-11-20(25)21(26)12-18/h5-12H,13H2,1-4H3,(H,27,32). The van der Waals surface area contributed by atoms with Crippen LogP contribution in [0.15, 0.2) is 48.5 Å². The third-order valence-electron chi connectivity index (χ3n) is 5.46. The van der Waals surface area contributed by atoms with Gasteiger partial charge in [-0.05, 0) is 57.5 Å². The fourth-order valence-corrected chi connectivity index (χ4v) is 4.13. The maximum absolute atomic E-state index is 13.2. The van der Waals surface area contributed by atoms with E-state index in [1.54, 1.807) is 10.7 Å². The third kappa shape index (κ3) is 4.16. The molecule has 4 rings (SSSR count). The average molecular weight is 468 g/mol. The van der Waals surface area contributed by atoms with Crippen LogP contribution in [0.5, 0.6) is 0 Å². The Hall–Kier alpha value is -3.09. The van der Waals surface area contributed by atoms with Gasteiger partial charge in [0.2, 0.25) is 0 Å². The van der Waals surface area contributed by atoms with Crippen molar-refractivity contribution in [3.05, 3.63) is 92.5 Å². The number of carbonyl (C=O) groups is 1. The van der Waals surface area contributed by atoms with Crippen LogP contribution in [0.2, 0.25) is 10.0 Å². The smallest absolute Gasteiger partial charge is 0.259 e. The Kier molecular flexibility index (Phi) is 6.09. The highest BCUT2D eigenvalue weighted by Crippen LogP contribution is 2.26. The van der Waals surface area contributed by atoms with Gasteiger partial charge in [0.05, 0.1) is 56.3 Å². The quantitative estimate of drug-likeness (QED) is 0.396. The van der Waals surface area contributed by atoms with Crippen molar-refractivity contribution in [1.82, 2.24) is 19.6 Å². The van der Waals surface area contributed by atoms with Crippen molar-refractivity contribution >= 4 is 34.8 Å². The summed E-state index contributed by atoms with van der Waals surface area (Å²) >= 11 is 12.2. The highest BCUT2D eigenvalue weighted by Gasteiger charge is 2.22. The van der Waals surface area contributed by atoms with E-state index in [-0.39, 0.29) is 5.91 Å². The molecule has 8 heteroatoms. The van der Waals surface area contributed by atoms with E-state index in [4.69, 9.17) is 23.2 Å². The van der Waals surface area contributed by atoms with Crippen LogP contribution in [0, 0.1) is 27.7 Å². The maximum atomic E-state index is 13.2. The van der Waals surface area contributed by atoms with Crippen molar-refractivity contribution in [3.8, 4) is 5.69 Å². The Labute approximate surface area is 196 Å². The predicted octanol–water partition coefficient (Wildman–Crippen LogP) is 5.91. The minimum Gasteiger partial charge on any atom is -0.319 e. The van der Waals surface area contributed by atoms with E-state index in [0.29, 0.717) is 33.5 Å². The van der Waals surface area contributed by atoms with Gasteiger partial charge in [-0.1, -0.05) is 47.5 Å². The average Bonchev–Trinajstić information content (AvgIpc) is 3.21. The molecule has 1 amide bonds. The number of anilines is 1. The van der Waals surface area contributed by atoms with Crippen molar-refractivity contribution in [2.24, 2.45) is 0 Å². The number of nitrogens with zero attached hydrogens (tertiary/aromatic N) is 4. The third-order valence-corrected chi connectivity index (χ3v) is 6.19. The second kappa shape index (κ2) is 8.81. The lowest BCUT2D eigenvalue weighted by atomic mass is 10.1. The molecule has 0 fully saturated rings. The van der Waals surface area contributed by atoms with Gasteiger partial charge >= 0.3 is 0 Å². The zero-order valence-electron chi connectivity index (χ0n) is 18.3. The van der Waals surface area contributed by atoms with Crippen molar-refractivity contribution in [1.29, 1.82) is 0 Å². The van der Waals surface area contributed by atoms with E-state index >= 15 is 0 Å². The van der Waals surface area contributed by atoms with Gasteiger partial charge in [0.1, 0.15) is 0 Å². The first-order valence-electron chi connectivity index (χ1n) is 10.2. The number of carbonyl (C=O) groups excluding carboxylic acids is 1. The second-order valence-corrected chi connectivity index (χ2v) is 8.51. The van der Waals surface area contributed by atoms with Crippen LogP contribution in [-0.2, 0) is 6.54 Å². The molecule has 2 aromatic carbocycles. The molecule has 0 aliphatic carbocycles. The van der Waals surface area contributed by atoms with Crippen molar-refractivity contribution in [2.45, 2.75) is 34.2 Å². The second-order valence-electron chi connectivity index (χ2n) is 7.70. The number of hydrogen-bond donors (Lipinski definition) is 1. The van der Waals surface area contributed by atoms with Gasteiger partial charge in [-0.3, -0.25) is 9.48 Å². The lowest BCUT2D eigenvalue weighted by molar-refractivity contribution is 0.102. The lowest BCUT2D eigenvalue weighted by Gasteiger charge is -2.09. The summed E-state index contributed by atoms with van der Waals surface area (Å²) in [5.41, 5.74) is 6.18. The minimum absolute atomic E-state index is 0.206. The summed E-state index contributed by atoms with van der Waals surface area (Å²) in [6, 6.07) is 15.3. The molecule has 2 aromatic heterocycles. The number of rotatable bonds is 5. The molecule has 32 heavy (non-hydrogen) atoms. The molecule has 0 saturated carbocycles. The van der Waals surface area contributed by atoms with Crippen LogP contribution in [-0.4, -0.2) is 25.5 Å². The molecule has 0 atom stereocenters.